The molecule has 0 saturated carbocycles. The number of allylic oxidation sites excluding steroid dienone is 8. The van der Waals surface area contributed by atoms with Crippen LogP contribution in [0.2, 0.25) is 0 Å². The number of fused-ring (bicyclic) bond motifs is 2. The van der Waals surface area contributed by atoms with Gasteiger partial charge in [0.05, 0.1) is 33.9 Å². The van der Waals surface area contributed by atoms with Crippen LogP contribution in [0.4, 0.5) is 26.3 Å². The van der Waals surface area contributed by atoms with E-state index >= 15 is 0 Å². The standard InChI is InChI=1S/C36H11F6N7/c1-17-2-3-18(6-29(17)35(37,38)39)31-27(15-48)23-8-26-24(9-25(23)33(31)21(11-44)12-45)28(16-49)32(34(26)22(13-46)14-47)19-4-5-20(10-43)30(7-19)36(40,41)42/h2-9H,1H3. The number of hydrogen-bond acceptors (Lipinski definition) is 7. The molecule has 7 nitrogen and oxygen atoms in total. The number of alkyl halides is 6. The van der Waals surface area contributed by atoms with Crippen molar-refractivity contribution in [2.75, 3.05) is 0 Å². The molecule has 0 heterocycles. The summed E-state index contributed by atoms with van der Waals surface area (Å²) in [6.07, 6.45) is -9.81. The molecule has 0 saturated heterocycles. The Kier molecular flexibility index (Phi) is 7.93. The van der Waals surface area contributed by atoms with Crippen molar-refractivity contribution in [3.05, 3.63) is 115 Å². The lowest BCUT2D eigenvalue weighted by Crippen LogP contribution is -2.08. The Morgan fingerprint density at radius 2 is 0.918 bits per heavy atom. The number of rotatable bonds is 2. The second kappa shape index (κ2) is 11.8. The molecular weight excluding hydrogens is 644 g/mol. The van der Waals surface area contributed by atoms with E-state index in [2.05, 4.69) is 0 Å². The topological polar surface area (TPSA) is 167 Å². The monoisotopic (exact) mass is 655 g/mol. The highest BCUT2D eigenvalue weighted by molar-refractivity contribution is 6.29. The molecule has 232 valence electrons. The van der Waals surface area contributed by atoms with Crippen LogP contribution in [0, 0.1) is 86.2 Å². The third kappa shape index (κ3) is 5.14. The average Bonchev–Trinajstić information content (AvgIpc) is 3.55. The highest BCUT2D eigenvalue weighted by Crippen LogP contribution is 2.55. The lowest BCUT2D eigenvalue weighted by molar-refractivity contribution is -0.138. The first-order valence-corrected chi connectivity index (χ1v) is 13.6. The number of halogens is 6. The molecule has 3 aromatic rings. The first-order valence-electron chi connectivity index (χ1n) is 13.6. The van der Waals surface area contributed by atoms with Gasteiger partial charge in [0.1, 0.15) is 47.6 Å². The van der Waals surface area contributed by atoms with Gasteiger partial charge in [0.25, 0.3) is 0 Å². The first kappa shape index (κ1) is 33.0. The molecule has 0 fully saturated rings. The van der Waals surface area contributed by atoms with Crippen LogP contribution >= 0.6 is 0 Å². The van der Waals surface area contributed by atoms with Gasteiger partial charge in [0.15, 0.2) is 0 Å². The van der Waals surface area contributed by atoms with E-state index in [1.165, 1.54) is 31.2 Å². The second-order valence-electron chi connectivity index (χ2n) is 10.5. The summed E-state index contributed by atoms with van der Waals surface area (Å²) in [5.74, 6) is 0. The fourth-order valence-electron chi connectivity index (χ4n) is 5.93. The molecule has 0 spiro atoms. The van der Waals surface area contributed by atoms with E-state index in [4.69, 9.17) is 0 Å². The number of nitriles is 7. The highest BCUT2D eigenvalue weighted by atomic mass is 19.4. The summed E-state index contributed by atoms with van der Waals surface area (Å²) in [7, 11) is 0. The summed E-state index contributed by atoms with van der Waals surface area (Å²) in [6.45, 7) is 1.22. The second-order valence-corrected chi connectivity index (χ2v) is 10.5. The van der Waals surface area contributed by atoms with Crippen molar-refractivity contribution in [3.8, 4) is 42.5 Å². The number of hydrogen-bond donors (Lipinski definition) is 0. The molecule has 0 bridgehead atoms. The summed E-state index contributed by atoms with van der Waals surface area (Å²) in [4.78, 5) is 0. The summed E-state index contributed by atoms with van der Waals surface area (Å²) in [5.41, 5.74) is -6.67. The van der Waals surface area contributed by atoms with Crippen LogP contribution < -0.4 is 0 Å². The normalized spacial score (nSPS) is 13.2. The Balaban J connectivity index is 1.92. The maximum Gasteiger partial charge on any atom is 0.417 e. The van der Waals surface area contributed by atoms with Gasteiger partial charge in [-0.2, -0.15) is 63.2 Å². The molecule has 2 aliphatic carbocycles. The predicted molar refractivity (Wildman–Crippen MR) is 160 cm³/mol. The lowest BCUT2D eigenvalue weighted by atomic mass is 9.89. The van der Waals surface area contributed by atoms with Crippen molar-refractivity contribution < 1.29 is 26.3 Å². The zero-order valence-corrected chi connectivity index (χ0v) is 24.5. The van der Waals surface area contributed by atoms with Gasteiger partial charge in [0.2, 0.25) is 0 Å². The molecule has 0 N–H and O–H groups in total. The zero-order chi connectivity index (χ0) is 36.0. The Hall–Kier alpha value is -7.37. The molecule has 0 atom stereocenters. The van der Waals surface area contributed by atoms with Crippen LogP contribution in [-0.2, 0) is 12.4 Å². The summed E-state index contributed by atoms with van der Waals surface area (Å²) >= 11 is 0. The largest absolute Gasteiger partial charge is 0.417 e. The number of nitrogens with zero attached hydrogens (tertiary/aromatic N) is 7. The minimum absolute atomic E-state index is 0.0304. The average molecular weight is 656 g/mol. The van der Waals surface area contributed by atoms with Crippen LogP contribution in [0.3, 0.4) is 0 Å². The van der Waals surface area contributed by atoms with Crippen molar-refractivity contribution in [2.24, 2.45) is 0 Å². The zero-order valence-electron chi connectivity index (χ0n) is 24.5. The van der Waals surface area contributed by atoms with E-state index in [1.807, 2.05) is 12.1 Å². The van der Waals surface area contributed by atoms with Crippen LogP contribution in [0.15, 0.2) is 59.7 Å². The minimum Gasteiger partial charge on any atom is -0.192 e. The third-order valence-corrected chi connectivity index (χ3v) is 7.97. The van der Waals surface area contributed by atoms with E-state index in [9.17, 15) is 63.2 Å². The van der Waals surface area contributed by atoms with Crippen molar-refractivity contribution >= 4 is 33.4 Å². The van der Waals surface area contributed by atoms with Crippen LogP contribution in [0.1, 0.15) is 55.6 Å². The fourth-order valence-corrected chi connectivity index (χ4v) is 5.93. The maximum absolute atomic E-state index is 13.9. The SMILES string of the molecule is Cc1ccc(C2=C(C#N)c3cc4c(cc3C2=C(C#N)C#N)C(C#N)=C(c2ccc(C#N)c(C(F)(F)F)c2)C4=C(C#N)C#N)cc1C(F)(F)F. The molecule has 0 radical (unpaired) electrons. The maximum atomic E-state index is 13.9. The fraction of sp³-hybridized carbons (Fsp3) is 0.0833. The Morgan fingerprint density at radius 1 is 0.510 bits per heavy atom. The van der Waals surface area contributed by atoms with Gasteiger partial charge in [0, 0.05) is 33.4 Å². The van der Waals surface area contributed by atoms with Gasteiger partial charge in [-0.1, -0.05) is 18.2 Å². The minimum atomic E-state index is -5.01. The van der Waals surface area contributed by atoms with Gasteiger partial charge in [-0.15, -0.1) is 0 Å². The van der Waals surface area contributed by atoms with Crippen molar-refractivity contribution in [1.29, 1.82) is 36.8 Å². The molecule has 0 aliphatic heterocycles. The van der Waals surface area contributed by atoms with Gasteiger partial charge in [-0.05, 0) is 65.1 Å². The molecule has 0 aromatic heterocycles. The molecule has 2 aliphatic rings. The van der Waals surface area contributed by atoms with Crippen LogP contribution in [-0.4, -0.2) is 0 Å². The first-order chi connectivity index (χ1) is 23.2. The highest BCUT2D eigenvalue weighted by Gasteiger charge is 2.40. The van der Waals surface area contributed by atoms with Crippen LogP contribution in [0.5, 0.6) is 0 Å². The predicted octanol–water partition coefficient (Wildman–Crippen LogP) is 8.40. The summed E-state index contributed by atoms with van der Waals surface area (Å²) in [5, 5.41) is 69.5. The van der Waals surface area contributed by atoms with E-state index in [0.717, 1.165) is 24.3 Å². The Labute approximate surface area is 273 Å². The molecule has 13 heteroatoms. The number of aryl methyl sites for hydroxylation is 1. The molecule has 0 amide bonds. The smallest absolute Gasteiger partial charge is 0.192 e. The van der Waals surface area contributed by atoms with Gasteiger partial charge >= 0.3 is 12.4 Å². The van der Waals surface area contributed by atoms with Gasteiger partial charge < -0.3 is 0 Å². The van der Waals surface area contributed by atoms with E-state index in [-0.39, 0.29) is 72.4 Å². The van der Waals surface area contributed by atoms with E-state index < -0.39 is 40.2 Å². The van der Waals surface area contributed by atoms with Gasteiger partial charge in [-0.25, -0.2) is 0 Å². The van der Waals surface area contributed by atoms with E-state index in [1.54, 1.807) is 24.3 Å². The third-order valence-electron chi connectivity index (χ3n) is 7.97. The quantitative estimate of drug-likeness (QED) is 0.197. The van der Waals surface area contributed by atoms with Crippen LogP contribution in [0.25, 0.3) is 33.4 Å². The van der Waals surface area contributed by atoms with Crippen molar-refractivity contribution in [1.82, 2.24) is 0 Å². The molecule has 3 aromatic carbocycles. The van der Waals surface area contributed by atoms with Crippen molar-refractivity contribution in [3.63, 3.8) is 0 Å². The van der Waals surface area contributed by atoms with E-state index in [0.29, 0.717) is 6.07 Å². The molecule has 5 rings (SSSR count). The molecule has 0 unspecified atom stereocenters. The van der Waals surface area contributed by atoms with Gasteiger partial charge in [-0.3, -0.25) is 0 Å². The number of benzene rings is 3. The molecule has 49 heavy (non-hydrogen) atoms. The summed E-state index contributed by atoms with van der Waals surface area (Å²) in [6, 6.07) is 20.2. The summed E-state index contributed by atoms with van der Waals surface area (Å²) < 4.78 is 83.6. The Bertz CT molecular complexity index is 2460. The molecular formula is C36H11F6N7. The lowest BCUT2D eigenvalue weighted by Gasteiger charge is -2.14. The Morgan fingerprint density at radius 3 is 1.29 bits per heavy atom. The van der Waals surface area contributed by atoms with Crippen molar-refractivity contribution in [2.45, 2.75) is 19.3 Å².